The molecule has 5 nitrogen and oxygen atoms in total. The molecular weight excluding hydrogens is 284 g/mol. The highest BCUT2D eigenvalue weighted by Crippen LogP contribution is 2.29. The molecule has 0 spiro atoms. The van der Waals surface area contributed by atoms with Gasteiger partial charge < -0.3 is 20.1 Å². The van der Waals surface area contributed by atoms with Crippen LogP contribution in [0.5, 0.6) is 0 Å². The summed E-state index contributed by atoms with van der Waals surface area (Å²) in [6, 6.07) is 0. The standard InChI is InChI=1S/C9H18O5S3/c10-3-8(4-11,5-12)6-14-7(13)1-2-9(15,16)17/h10-12,15-17H,1-6H2. The van der Waals surface area contributed by atoms with Gasteiger partial charge in [-0.15, -0.1) is 0 Å². The van der Waals surface area contributed by atoms with Crippen LogP contribution < -0.4 is 0 Å². The van der Waals surface area contributed by atoms with Gasteiger partial charge in [-0.05, 0) is 6.42 Å². The Balaban J connectivity index is 4.06. The number of aliphatic hydroxyl groups excluding tert-OH is 3. The van der Waals surface area contributed by atoms with Crippen molar-refractivity contribution in [3.8, 4) is 0 Å². The van der Waals surface area contributed by atoms with Crippen molar-refractivity contribution in [2.45, 2.75) is 16.3 Å². The molecule has 0 aromatic heterocycles. The van der Waals surface area contributed by atoms with Crippen LogP contribution >= 0.6 is 37.9 Å². The van der Waals surface area contributed by atoms with Crippen LogP contribution in [0.1, 0.15) is 12.8 Å². The zero-order chi connectivity index (χ0) is 13.5. The Hall–Kier alpha value is 0.400. The Morgan fingerprint density at radius 2 is 1.53 bits per heavy atom. The number of hydrogen-bond donors (Lipinski definition) is 6. The minimum atomic E-state index is -1.20. The van der Waals surface area contributed by atoms with Gasteiger partial charge in [0.15, 0.2) is 0 Å². The van der Waals surface area contributed by atoms with E-state index in [9.17, 15) is 4.79 Å². The fraction of sp³-hybridized carbons (Fsp3) is 0.889. The Labute approximate surface area is 117 Å². The molecule has 0 fully saturated rings. The lowest BCUT2D eigenvalue weighted by Crippen LogP contribution is -2.39. The van der Waals surface area contributed by atoms with Crippen LogP contribution in [0.15, 0.2) is 0 Å². The highest BCUT2D eigenvalue weighted by Gasteiger charge is 2.30. The number of esters is 1. The topological polar surface area (TPSA) is 87.0 Å². The van der Waals surface area contributed by atoms with Crippen LogP contribution in [-0.2, 0) is 9.53 Å². The first kappa shape index (κ1) is 17.4. The summed E-state index contributed by atoms with van der Waals surface area (Å²) < 4.78 is 3.99. The van der Waals surface area contributed by atoms with Crippen molar-refractivity contribution in [3.63, 3.8) is 0 Å². The van der Waals surface area contributed by atoms with Gasteiger partial charge in [-0.2, -0.15) is 37.9 Å². The third-order valence-electron chi connectivity index (χ3n) is 2.21. The highest BCUT2D eigenvalue weighted by atomic mass is 32.2. The molecule has 102 valence electrons. The van der Waals surface area contributed by atoms with E-state index < -0.39 is 34.6 Å². The lowest BCUT2D eigenvalue weighted by Gasteiger charge is -2.26. The molecule has 0 saturated carbocycles. The number of aliphatic hydroxyl groups is 3. The number of rotatable bonds is 8. The molecule has 0 unspecified atom stereocenters. The largest absolute Gasteiger partial charge is 0.465 e. The summed E-state index contributed by atoms with van der Waals surface area (Å²) in [5.74, 6) is -0.522. The molecule has 0 aliphatic rings. The summed E-state index contributed by atoms with van der Waals surface area (Å²) in [4.78, 5) is 11.3. The fourth-order valence-electron chi connectivity index (χ4n) is 0.862. The maximum atomic E-state index is 11.3. The molecule has 0 aliphatic heterocycles. The Morgan fingerprint density at radius 1 is 1.06 bits per heavy atom. The predicted octanol–water partition coefficient (Wildman–Crippen LogP) is -0.284. The zero-order valence-corrected chi connectivity index (χ0v) is 11.9. The predicted molar refractivity (Wildman–Crippen MR) is 73.6 cm³/mol. The first-order valence-electron chi connectivity index (χ1n) is 4.94. The normalized spacial score (nSPS) is 12.6. The van der Waals surface area contributed by atoms with Gasteiger partial charge in [-0.1, -0.05) is 0 Å². The fourth-order valence-corrected chi connectivity index (χ4v) is 1.20. The SMILES string of the molecule is O=C(CCC(S)(S)S)OCC(CO)(CO)CO. The molecule has 0 radical (unpaired) electrons. The van der Waals surface area contributed by atoms with Gasteiger partial charge in [0.1, 0.15) is 6.61 Å². The average molecular weight is 302 g/mol. The van der Waals surface area contributed by atoms with Crippen molar-refractivity contribution < 1.29 is 24.9 Å². The van der Waals surface area contributed by atoms with Gasteiger partial charge in [-0.25, -0.2) is 0 Å². The second kappa shape index (κ2) is 7.75. The van der Waals surface area contributed by atoms with Crippen LogP contribution in [-0.4, -0.2) is 51.1 Å². The molecule has 0 aromatic carbocycles. The maximum absolute atomic E-state index is 11.3. The van der Waals surface area contributed by atoms with Crippen molar-refractivity contribution in [1.29, 1.82) is 0 Å². The summed E-state index contributed by atoms with van der Waals surface area (Å²) in [7, 11) is 0. The van der Waals surface area contributed by atoms with Crippen molar-refractivity contribution in [2.24, 2.45) is 5.41 Å². The molecule has 0 rings (SSSR count). The Kier molecular flexibility index (Phi) is 7.93. The maximum Gasteiger partial charge on any atom is 0.305 e. The molecule has 8 heteroatoms. The smallest absolute Gasteiger partial charge is 0.305 e. The first-order chi connectivity index (χ1) is 7.78. The van der Waals surface area contributed by atoms with Gasteiger partial charge in [0.25, 0.3) is 0 Å². The summed E-state index contributed by atoms with van der Waals surface area (Å²) in [6.45, 7) is -1.65. The van der Waals surface area contributed by atoms with Crippen LogP contribution in [0.2, 0.25) is 0 Å². The minimum absolute atomic E-state index is 0.0644. The van der Waals surface area contributed by atoms with Crippen molar-refractivity contribution >= 4 is 43.9 Å². The lowest BCUT2D eigenvalue weighted by molar-refractivity contribution is -0.151. The Bertz CT molecular complexity index is 229. The van der Waals surface area contributed by atoms with Gasteiger partial charge in [0.2, 0.25) is 0 Å². The summed E-state index contributed by atoms with van der Waals surface area (Å²) in [6.07, 6.45) is 0.362. The summed E-state index contributed by atoms with van der Waals surface area (Å²) >= 11 is 12.0. The monoisotopic (exact) mass is 302 g/mol. The second-order valence-electron chi connectivity index (χ2n) is 3.91. The molecule has 0 heterocycles. The van der Waals surface area contributed by atoms with Gasteiger partial charge in [0.05, 0.1) is 28.6 Å². The van der Waals surface area contributed by atoms with E-state index in [0.29, 0.717) is 6.42 Å². The molecule has 0 bridgehead atoms. The number of thiol groups is 3. The zero-order valence-electron chi connectivity index (χ0n) is 9.24. The van der Waals surface area contributed by atoms with Crippen molar-refractivity contribution in [2.75, 3.05) is 26.4 Å². The van der Waals surface area contributed by atoms with E-state index in [1.807, 2.05) is 0 Å². The molecule has 3 N–H and O–H groups in total. The number of carbonyl (C=O) groups excluding carboxylic acids is 1. The van der Waals surface area contributed by atoms with Crippen LogP contribution in [0.25, 0.3) is 0 Å². The van der Waals surface area contributed by atoms with E-state index >= 15 is 0 Å². The lowest BCUT2D eigenvalue weighted by atomic mass is 9.93. The number of hydrogen-bond acceptors (Lipinski definition) is 8. The van der Waals surface area contributed by atoms with E-state index in [1.165, 1.54) is 0 Å². The molecule has 0 aromatic rings. The molecule has 17 heavy (non-hydrogen) atoms. The second-order valence-corrected chi connectivity index (χ2v) is 7.26. The van der Waals surface area contributed by atoms with E-state index in [-0.39, 0.29) is 13.0 Å². The van der Waals surface area contributed by atoms with E-state index in [0.717, 1.165) is 0 Å². The molecule has 0 amide bonds. The van der Waals surface area contributed by atoms with E-state index in [2.05, 4.69) is 37.9 Å². The van der Waals surface area contributed by atoms with Crippen LogP contribution in [0, 0.1) is 5.41 Å². The van der Waals surface area contributed by atoms with Crippen molar-refractivity contribution in [3.05, 3.63) is 0 Å². The highest BCUT2D eigenvalue weighted by molar-refractivity contribution is 8.16. The number of carbonyl (C=O) groups is 1. The third-order valence-corrected chi connectivity index (χ3v) is 2.88. The first-order valence-corrected chi connectivity index (χ1v) is 6.28. The quantitative estimate of drug-likeness (QED) is 0.211. The van der Waals surface area contributed by atoms with Crippen molar-refractivity contribution in [1.82, 2.24) is 0 Å². The molecular formula is C9H18O5S3. The Morgan fingerprint density at radius 3 is 1.88 bits per heavy atom. The van der Waals surface area contributed by atoms with Gasteiger partial charge >= 0.3 is 5.97 Å². The van der Waals surface area contributed by atoms with E-state index in [4.69, 9.17) is 20.1 Å². The summed E-state index contributed by atoms with van der Waals surface area (Å²) in [5, 5.41) is 27.0. The van der Waals surface area contributed by atoms with Gasteiger partial charge in [-0.3, -0.25) is 4.79 Å². The van der Waals surface area contributed by atoms with Crippen LogP contribution in [0.3, 0.4) is 0 Å². The van der Waals surface area contributed by atoms with Crippen LogP contribution in [0.4, 0.5) is 0 Å². The number of ether oxygens (including phenoxy) is 1. The molecule has 0 saturated heterocycles. The van der Waals surface area contributed by atoms with E-state index in [1.54, 1.807) is 0 Å². The molecule has 0 aliphatic carbocycles. The molecule has 0 atom stereocenters. The average Bonchev–Trinajstić information content (AvgIpc) is 2.28. The van der Waals surface area contributed by atoms with Gasteiger partial charge in [0, 0.05) is 6.42 Å². The summed E-state index contributed by atoms with van der Waals surface area (Å²) in [5.41, 5.74) is -1.20. The minimum Gasteiger partial charge on any atom is -0.465 e. The third kappa shape index (κ3) is 7.43.